The van der Waals surface area contributed by atoms with Gasteiger partial charge in [-0.05, 0) is 43.4 Å². The molecule has 174 valence electrons. The molecule has 2 aromatic carbocycles. The average molecular weight is 441 g/mol. The molecule has 0 N–H and O–H groups in total. The standard InChI is InChI=1S/C27H36O5/c1-29-22-19-25(31-3)27(26(20-22)32-4)23(28)17-12-10-8-6-5-7-9-11-15-21-16-13-14-18-24(21)30-2/h12-14,16-20H,5-11,15H2,1-4H3. The summed E-state index contributed by atoms with van der Waals surface area (Å²) >= 11 is 0. The number of allylic oxidation sites excluding steroid dienone is 2. The molecule has 5 nitrogen and oxygen atoms in total. The molecule has 0 spiro atoms. The number of unbranched alkanes of at least 4 members (excludes halogenated alkanes) is 6. The highest BCUT2D eigenvalue weighted by molar-refractivity contribution is 6.08. The first-order valence-corrected chi connectivity index (χ1v) is 11.3. The van der Waals surface area contributed by atoms with E-state index in [9.17, 15) is 4.79 Å². The maximum atomic E-state index is 12.7. The largest absolute Gasteiger partial charge is 0.496 e. The molecule has 0 aliphatic heterocycles. The zero-order chi connectivity index (χ0) is 23.2. The lowest BCUT2D eigenvalue weighted by atomic mass is 10.0. The van der Waals surface area contributed by atoms with Crippen LogP contribution >= 0.6 is 0 Å². The van der Waals surface area contributed by atoms with Gasteiger partial charge in [0.1, 0.15) is 28.6 Å². The number of para-hydroxylation sites is 1. The maximum absolute atomic E-state index is 12.7. The third-order valence-electron chi connectivity index (χ3n) is 5.49. The van der Waals surface area contributed by atoms with E-state index in [1.807, 2.05) is 18.2 Å². The van der Waals surface area contributed by atoms with Crippen LogP contribution in [0.3, 0.4) is 0 Å². The smallest absolute Gasteiger partial charge is 0.193 e. The highest BCUT2D eigenvalue weighted by atomic mass is 16.5. The van der Waals surface area contributed by atoms with Crippen LogP contribution in [0.2, 0.25) is 0 Å². The number of aryl methyl sites for hydroxylation is 1. The van der Waals surface area contributed by atoms with Crippen LogP contribution in [-0.4, -0.2) is 34.2 Å². The Labute approximate surface area is 192 Å². The first-order valence-electron chi connectivity index (χ1n) is 11.3. The van der Waals surface area contributed by atoms with E-state index < -0.39 is 0 Å². The van der Waals surface area contributed by atoms with E-state index in [1.54, 1.807) is 32.4 Å². The molecule has 0 aromatic heterocycles. The summed E-state index contributed by atoms with van der Waals surface area (Å²) in [6.45, 7) is 0. The monoisotopic (exact) mass is 440 g/mol. The second-order valence-electron chi connectivity index (χ2n) is 7.65. The highest BCUT2D eigenvalue weighted by Gasteiger charge is 2.18. The van der Waals surface area contributed by atoms with Crippen molar-refractivity contribution in [3.63, 3.8) is 0 Å². The molecule has 5 heteroatoms. The number of ketones is 1. The summed E-state index contributed by atoms with van der Waals surface area (Å²) in [5, 5.41) is 0. The van der Waals surface area contributed by atoms with Crippen molar-refractivity contribution in [1.82, 2.24) is 0 Å². The first kappa shape index (κ1) is 25.3. The molecule has 2 rings (SSSR count). The van der Waals surface area contributed by atoms with Gasteiger partial charge in [0.25, 0.3) is 0 Å². The lowest BCUT2D eigenvalue weighted by Gasteiger charge is -2.13. The summed E-state index contributed by atoms with van der Waals surface area (Å²) in [6, 6.07) is 11.6. The molecule has 0 saturated heterocycles. The van der Waals surface area contributed by atoms with Gasteiger partial charge >= 0.3 is 0 Å². The van der Waals surface area contributed by atoms with E-state index in [-0.39, 0.29) is 5.78 Å². The van der Waals surface area contributed by atoms with Crippen molar-refractivity contribution in [2.45, 2.75) is 51.4 Å². The zero-order valence-electron chi connectivity index (χ0n) is 19.8. The van der Waals surface area contributed by atoms with Gasteiger partial charge in [0, 0.05) is 12.1 Å². The van der Waals surface area contributed by atoms with Crippen molar-refractivity contribution in [1.29, 1.82) is 0 Å². The number of ether oxygens (including phenoxy) is 4. The van der Waals surface area contributed by atoms with Crippen LogP contribution in [0.5, 0.6) is 23.0 Å². The van der Waals surface area contributed by atoms with Crippen LogP contribution in [0.4, 0.5) is 0 Å². The SMILES string of the molecule is COc1cc(OC)c(C(=O)C=CCCCCCCCCc2ccccc2OC)c(OC)c1. The number of carbonyl (C=O) groups is 1. The summed E-state index contributed by atoms with van der Waals surface area (Å²) in [7, 11) is 6.36. The van der Waals surface area contributed by atoms with Gasteiger partial charge < -0.3 is 18.9 Å². The van der Waals surface area contributed by atoms with Crippen LogP contribution < -0.4 is 18.9 Å². The predicted octanol–water partition coefficient (Wildman–Crippen LogP) is 6.43. The van der Waals surface area contributed by atoms with Crippen LogP contribution in [0.25, 0.3) is 0 Å². The summed E-state index contributed by atoms with van der Waals surface area (Å²) < 4.78 is 21.4. The van der Waals surface area contributed by atoms with Crippen molar-refractivity contribution < 1.29 is 23.7 Å². The minimum Gasteiger partial charge on any atom is -0.496 e. The fraction of sp³-hybridized carbons (Fsp3) is 0.444. The molecule has 0 fully saturated rings. The molecule has 0 saturated carbocycles. The van der Waals surface area contributed by atoms with Gasteiger partial charge in [0.15, 0.2) is 5.78 Å². The number of methoxy groups -OCH3 is 4. The van der Waals surface area contributed by atoms with Gasteiger partial charge in [-0.1, -0.05) is 50.0 Å². The van der Waals surface area contributed by atoms with Gasteiger partial charge in [-0.25, -0.2) is 0 Å². The number of benzene rings is 2. The van der Waals surface area contributed by atoms with Crippen LogP contribution in [0.15, 0.2) is 48.6 Å². The first-order chi connectivity index (χ1) is 15.6. The van der Waals surface area contributed by atoms with Crippen molar-refractivity contribution >= 4 is 5.78 Å². The maximum Gasteiger partial charge on any atom is 0.193 e. The van der Waals surface area contributed by atoms with Crippen LogP contribution in [0, 0.1) is 0 Å². The third-order valence-corrected chi connectivity index (χ3v) is 5.49. The molecule has 0 heterocycles. The fourth-order valence-corrected chi connectivity index (χ4v) is 3.72. The number of hydrogen-bond donors (Lipinski definition) is 0. The quantitative estimate of drug-likeness (QED) is 0.181. The lowest BCUT2D eigenvalue weighted by Crippen LogP contribution is -2.03. The molecule has 0 atom stereocenters. The third kappa shape index (κ3) is 7.63. The highest BCUT2D eigenvalue weighted by Crippen LogP contribution is 2.34. The Morgan fingerprint density at radius 1 is 0.750 bits per heavy atom. The van der Waals surface area contributed by atoms with Gasteiger partial charge in [0.05, 0.1) is 28.4 Å². The Balaban J connectivity index is 1.68. The number of hydrogen-bond acceptors (Lipinski definition) is 5. The van der Waals surface area contributed by atoms with Gasteiger partial charge in [0.2, 0.25) is 0 Å². The van der Waals surface area contributed by atoms with Crippen LogP contribution in [0.1, 0.15) is 60.9 Å². The van der Waals surface area contributed by atoms with E-state index in [1.165, 1.54) is 51.9 Å². The molecular formula is C27H36O5. The topological polar surface area (TPSA) is 54.0 Å². The summed E-state index contributed by atoms with van der Waals surface area (Å²) in [6.07, 6.45) is 12.6. The Kier molecular flexibility index (Phi) is 11.2. The number of rotatable bonds is 15. The number of carbonyl (C=O) groups excluding carboxylic acids is 1. The summed E-state index contributed by atoms with van der Waals surface area (Å²) in [5.74, 6) is 2.34. The second-order valence-corrected chi connectivity index (χ2v) is 7.65. The Bertz CT molecular complexity index is 847. The molecule has 2 aromatic rings. The van der Waals surface area contributed by atoms with Crippen molar-refractivity contribution in [2.75, 3.05) is 28.4 Å². The molecular weight excluding hydrogens is 404 g/mol. The summed E-state index contributed by atoms with van der Waals surface area (Å²) in [4.78, 5) is 12.7. The molecule has 0 radical (unpaired) electrons. The molecule has 0 aliphatic carbocycles. The van der Waals surface area contributed by atoms with E-state index in [4.69, 9.17) is 18.9 Å². The van der Waals surface area contributed by atoms with Gasteiger partial charge in [-0.3, -0.25) is 4.79 Å². The van der Waals surface area contributed by atoms with Gasteiger partial charge in [-0.15, -0.1) is 0 Å². The molecule has 0 bridgehead atoms. The molecule has 32 heavy (non-hydrogen) atoms. The van der Waals surface area contributed by atoms with E-state index >= 15 is 0 Å². The van der Waals surface area contributed by atoms with Crippen molar-refractivity contribution in [2.24, 2.45) is 0 Å². The lowest BCUT2D eigenvalue weighted by molar-refractivity contribution is 0.104. The Hall–Kier alpha value is -2.95. The van der Waals surface area contributed by atoms with Crippen LogP contribution in [-0.2, 0) is 6.42 Å². The van der Waals surface area contributed by atoms with E-state index in [0.29, 0.717) is 22.8 Å². The Morgan fingerprint density at radius 3 is 1.97 bits per heavy atom. The summed E-state index contributed by atoms with van der Waals surface area (Å²) in [5.41, 5.74) is 1.71. The molecule has 0 amide bonds. The average Bonchev–Trinajstić information content (AvgIpc) is 2.84. The minimum atomic E-state index is -0.127. The minimum absolute atomic E-state index is 0.127. The predicted molar refractivity (Wildman–Crippen MR) is 129 cm³/mol. The van der Waals surface area contributed by atoms with Crippen molar-refractivity contribution in [3.8, 4) is 23.0 Å². The molecule has 0 aliphatic rings. The second kappa shape index (κ2) is 14.2. The van der Waals surface area contributed by atoms with Gasteiger partial charge in [-0.2, -0.15) is 0 Å². The Morgan fingerprint density at radius 2 is 1.34 bits per heavy atom. The van der Waals surface area contributed by atoms with Crippen molar-refractivity contribution in [3.05, 3.63) is 59.7 Å². The molecule has 0 unspecified atom stereocenters. The van der Waals surface area contributed by atoms with E-state index in [2.05, 4.69) is 12.1 Å². The normalized spacial score (nSPS) is 10.9. The zero-order valence-corrected chi connectivity index (χ0v) is 19.8. The van der Waals surface area contributed by atoms with E-state index in [0.717, 1.165) is 25.0 Å². The fourth-order valence-electron chi connectivity index (χ4n) is 3.72.